The molecule has 8 nitrogen and oxygen atoms in total. The van der Waals surface area contributed by atoms with Crippen molar-refractivity contribution in [3.05, 3.63) is 41.8 Å². The van der Waals surface area contributed by atoms with Crippen molar-refractivity contribution in [3.8, 4) is 5.88 Å². The average molecular weight is 383 g/mol. The standard InChI is InChI=1S/C16H16F3N5O3/c1-24-5-4-13(23-24)27-15(25)21-9-2-3-11(17)10(6-9)16(14(18)19)8-26-7-12(20)22-16/h2-6,14H,7-8H2,1H3,(H2,20,22)(H,21,25)/t16-/m0/s1. The summed E-state index contributed by atoms with van der Waals surface area (Å²) in [6, 6.07) is 4.65. The highest BCUT2D eigenvalue weighted by atomic mass is 19.3. The molecule has 0 fully saturated rings. The molecule has 144 valence electrons. The van der Waals surface area contributed by atoms with E-state index < -0.39 is 36.0 Å². The monoisotopic (exact) mass is 383 g/mol. The van der Waals surface area contributed by atoms with Crippen LogP contribution in [-0.2, 0) is 17.3 Å². The Morgan fingerprint density at radius 2 is 2.22 bits per heavy atom. The van der Waals surface area contributed by atoms with Crippen molar-refractivity contribution in [1.82, 2.24) is 9.78 Å². The van der Waals surface area contributed by atoms with Crippen molar-refractivity contribution in [2.45, 2.75) is 12.0 Å². The normalized spacial score (nSPS) is 19.7. The third kappa shape index (κ3) is 3.87. The van der Waals surface area contributed by atoms with Gasteiger partial charge in [0.2, 0.25) is 5.88 Å². The van der Waals surface area contributed by atoms with Gasteiger partial charge in [-0.1, -0.05) is 0 Å². The predicted octanol–water partition coefficient (Wildman–Crippen LogP) is 2.02. The predicted molar refractivity (Wildman–Crippen MR) is 89.4 cm³/mol. The Morgan fingerprint density at radius 3 is 2.85 bits per heavy atom. The molecule has 0 saturated heterocycles. The number of aliphatic imine (C=N–C) groups is 1. The molecule has 0 spiro atoms. The van der Waals surface area contributed by atoms with Crippen LogP contribution < -0.4 is 15.8 Å². The summed E-state index contributed by atoms with van der Waals surface area (Å²) in [6.45, 7) is -0.672. The number of aryl methyl sites for hydroxylation is 1. The Kier molecular flexibility index (Phi) is 5.04. The third-order valence-electron chi connectivity index (χ3n) is 3.84. The molecule has 1 amide bonds. The van der Waals surface area contributed by atoms with Gasteiger partial charge in [-0.05, 0) is 18.2 Å². The second-order valence-electron chi connectivity index (χ2n) is 5.86. The van der Waals surface area contributed by atoms with E-state index >= 15 is 0 Å². The van der Waals surface area contributed by atoms with Crippen LogP contribution in [0.1, 0.15) is 5.56 Å². The van der Waals surface area contributed by atoms with Crippen LogP contribution in [0.4, 0.5) is 23.7 Å². The molecular weight excluding hydrogens is 367 g/mol. The van der Waals surface area contributed by atoms with Crippen LogP contribution in [-0.4, -0.2) is 41.3 Å². The van der Waals surface area contributed by atoms with E-state index in [1.807, 2.05) is 0 Å². The van der Waals surface area contributed by atoms with Crippen LogP contribution in [0.3, 0.4) is 0 Å². The molecule has 3 N–H and O–H groups in total. The first-order valence-corrected chi connectivity index (χ1v) is 7.79. The Hall–Kier alpha value is -3.08. The fourth-order valence-electron chi connectivity index (χ4n) is 2.62. The summed E-state index contributed by atoms with van der Waals surface area (Å²) in [5, 5.41) is 6.20. The number of ether oxygens (including phenoxy) is 2. The molecule has 0 saturated carbocycles. The maximum atomic E-state index is 14.3. The highest BCUT2D eigenvalue weighted by Crippen LogP contribution is 2.37. The van der Waals surface area contributed by atoms with Gasteiger partial charge in [-0.25, -0.2) is 18.0 Å². The molecule has 1 aromatic carbocycles. The van der Waals surface area contributed by atoms with Crippen LogP contribution >= 0.6 is 0 Å². The lowest BCUT2D eigenvalue weighted by atomic mass is 9.90. The number of anilines is 1. The van der Waals surface area contributed by atoms with E-state index in [1.165, 1.54) is 16.8 Å². The van der Waals surface area contributed by atoms with Crippen molar-refractivity contribution < 1.29 is 27.4 Å². The summed E-state index contributed by atoms with van der Waals surface area (Å²) in [6.07, 6.45) is -2.43. The topological polar surface area (TPSA) is 104 Å². The highest BCUT2D eigenvalue weighted by molar-refractivity contribution is 5.86. The molecule has 2 heterocycles. The van der Waals surface area contributed by atoms with Gasteiger partial charge in [0, 0.05) is 30.6 Å². The SMILES string of the molecule is Cn1ccc(OC(=O)Nc2ccc(F)c([C@]3(C(F)F)COCC(N)=N3)c2)n1. The van der Waals surface area contributed by atoms with E-state index in [0.29, 0.717) is 0 Å². The van der Waals surface area contributed by atoms with E-state index in [9.17, 15) is 18.0 Å². The number of halogens is 3. The van der Waals surface area contributed by atoms with Crippen molar-refractivity contribution in [2.24, 2.45) is 17.8 Å². The Bertz CT molecular complexity index is 886. The van der Waals surface area contributed by atoms with Gasteiger partial charge in [0.1, 0.15) is 18.3 Å². The summed E-state index contributed by atoms with van der Waals surface area (Å²) in [7, 11) is 1.64. The van der Waals surface area contributed by atoms with E-state index in [1.54, 1.807) is 13.2 Å². The average Bonchev–Trinajstić information content (AvgIpc) is 3.01. The first-order valence-electron chi connectivity index (χ1n) is 7.79. The van der Waals surface area contributed by atoms with E-state index in [4.69, 9.17) is 15.2 Å². The number of carbonyl (C=O) groups excluding carboxylic acids is 1. The van der Waals surface area contributed by atoms with Crippen molar-refractivity contribution in [1.29, 1.82) is 0 Å². The molecule has 1 aliphatic rings. The largest absolute Gasteiger partial charge is 0.418 e. The fourth-order valence-corrected chi connectivity index (χ4v) is 2.62. The number of nitrogens with zero attached hydrogens (tertiary/aromatic N) is 3. The van der Waals surface area contributed by atoms with Gasteiger partial charge in [-0.3, -0.25) is 15.0 Å². The zero-order chi connectivity index (χ0) is 19.6. The molecule has 27 heavy (non-hydrogen) atoms. The summed E-state index contributed by atoms with van der Waals surface area (Å²) in [4.78, 5) is 15.7. The molecule has 1 aliphatic heterocycles. The molecule has 1 aromatic heterocycles. The van der Waals surface area contributed by atoms with Gasteiger partial charge in [-0.15, -0.1) is 5.10 Å². The van der Waals surface area contributed by atoms with Crippen LogP contribution in [0.2, 0.25) is 0 Å². The zero-order valence-electron chi connectivity index (χ0n) is 14.2. The molecular formula is C16H16F3N5O3. The number of hydrogen-bond donors (Lipinski definition) is 2. The number of amidine groups is 1. The van der Waals surface area contributed by atoms with Crippen molar-refractivity contribution >= 4 is 17.6 Å². The number of nitrogens with one attached hydrogen (secondary N) is 1. The third-order valence-corrected chi connectivity index (χ3v) is 3.84. The minimum absolute atomic E-state index is 0.0340. The number of aromatic nitrogens is 2. The first-order chi connectivity index (χ1) is 12.8. The summed E-state index contributed by atoms with van der Waals surface area (Å²) in [5.41, 5.74) is 2.80. The maximum absolute atomic E-state index is 14.3. The van der Waals surface area contributed by atoms with Crippen LogP contribution in [0.15, 0.2) is 35.5 Å². The number of rotatable bonds is 4. The fraction of sp³-hybridized carbons (Fsp3) is 0.312. The van der Waals surface area contributed by atoms with Crippen LogP contribution in [0, 0.1) is 5.82 Å². The van der Waals surface area contributed by atoms with Crippen LogP contribution in [0.25, 0.3) is 0 Å². The highest BCUT2D eigenvalue weighted by Gasteiger charge is 2.46. The minimum atomic E-state index is -3.08. The lowest BCUT2D eigenvalue weighted by molar-refractivity contribution is -0.0145. The second kappa shape index (κ2) is 7.27. The van der Waals surface area contributed by atoms with E-state index in [0.717, 1.165) is 12.1 Å². The van der Waals surface area contributed by atoms with Crippen molar-refractivity contribution in [3.63, 3.8) is 0 Å². The van der Waals surface area contributed by atoms with Gasteiger partial charge >= 0.3 is 6.09 Å². The molecule has 0 unspecified atom stereocenters. The minimum Gasteiger partial charge on any atom is -0.389 e. The lowest BCUT2D eigenvalue weighted by Gasteiger charge is -2.33. The molecule has 0 bridgehead atoms. The van der Waals surface area contributed by atoms with Crippen LogP contribution in [0.5, 0.6) is 5.88 Å². The summed E-state index contributed by atoms with van der Waals surface area (Å²) < 4.78 is 53.3. The van der Waals surface area contributed by atoms with Gasteiger partial charge in [-0.2, -0.15) is 0 Å². The summed E-state index contributed by atoms with van der Waals surface area (Å²) in [5.74, 6) is -1.06. The number of nitrogens with two attached hydrogens (primary N) is 1. The lowest BCUT2D eigenvalue weighted by Crippen LogP contribution is -2.45. The molecule has 3 rings (SSSR count). The number of carbonyl (C=O) groups is 1. The number of amides is 1. The number of benzene rings is 1. The van der Waals surface area contributed by atoms with E-state index in [2.05, 4.69) is 15.4 Å². The molecule has 0 aliphatic carbocycles. The second-order valence-corrected chi connectivity index (χ2v) is 5.86. The molecule has 1 atom stereocenters. The molecule has 11 heteroatoms. The zero-order valence-corrected chi connectivity index (χ0v) is 14.2. The van der Waals surface area contributed by atoms with Gasteiger partial charge < -0.3 is 15.2 Å². The summed E-state index contributed by atoms with van der Waals surface area (Å²) >= 11 is 0. The molecule has 0 radical (unpaired) electrons. The number of hydrogen-bond acceptors (Lipinski definition) is 6. The smallest absolute Gasteiger partial charge is 0.389 e. The van der Waals surface area contributed by atoms with Crippen molar-refractivity contribution in [2.75, 3.05) is 18.5 Å². The Morgan fingerprint density at radius 1 is 1.44 bits per heavy atom. The number of alkyl halides is 2. The quantitative estimate of drug-likeness (QED) is 0.841. The van der Waals surface area contributed by atoms with E-state index in [-0.39, 0.29) is 24.0 Å². The molecule has 2 aromatic rings. The maximum Gasteiger partial charge on any atom is 0.418 e. The first kappa shape index (κ1) is 18.7. The Labute approximate surface area is 151 Å². The Balaban J connectivity index is 1.87. The van der Waals surface area contributed by atoms with Gasteiger partial charge in [0.15, 0.2) is 5.54 Å². The van der Waals surface area contributed by atoms with Gasteiger partial charge in [0.25, 0.3) is 6.43 Å². The van der Waals surface area contributed by atoms with Gasteiger partial charge in [0.05, 0.1) is 6.61 Å².